The van der Waals surface area contributed by atoms with E-state index in [2.05, 4.69) is 22.1 Å². The van der Waals surface area contributed by atoms with Crippen molar-refractivity contribution in [1.82, 2.24) is 15.1 Å². The van der Waals surface area contributed by atoms with E-state index < -0.39 is 17.7 Å². The van der Waals surface area contributed by atoms with Crippen molar-refractivity contribution < 1.29 is 27.4 Å². The lowest BCUT2D eigenvalue weighted by Crippen LogP contribution is -2.33. The summed E-state index contributed by atoms with van der Waals surface area (Å²) in [5.74, 6) is -0.203. The van der Waals surface area contributed by atoms with Gasteiger partial charge in [-0.15, -0.1) is 5.10 Å². The highest BCUT2D eigenvalue weighted by Crippen LogP contribution is 2.38. The van der Waals surface area contributed by atoms with Crippen LogP contribution in [0.25, 0.3) is 11.3 Å². The minimum atomic E-state index is -4.50. The minimum Gasteiger partial charge on any atom is -0.496 e. The van der Waals surface area contributed by atoms with Gasteiger partial charge in [0.15, 0.2) is 0 Å². The van der Waals surface area contributed by atoms with Crippen LogP contribution in [0.3, 0.4) is 0 Å². The molecule has 6 nitrogen and oxygen atoms in total. The molecule has 1 saturated heterocycles. The highest BCUT2D eigenvalue weighted by atomic mass is 19.4. The summed E-state index contributed by atoms with van der Waals surface area (Å²) in [6.07, 6.45) is -1.82. The van der Waals surface area contributed by atoms with E-state index in [1.807, 2.05) is 0 Å². The van der Waals surface area contributed by atoms with Gasteiger partial charge in [-0.3, -0.25) is 0 Å². The van der Waals surface area contributed by atoms with Gasteiger partial charge in [-0.1, -0.05) is 0 Å². The van der Waals surface area contributed by atoms with Gasteiger partial charge >= 0.3 is 12.1 Å². The Kier molecular flexibility index (Phi) is 6.83. The van der Waals surface area contributed by atoms with Crippen LogP contribution in [0.5, 0.6) is 5.75 Å². The first-order valence-electron chi connectivity index (χ1n) is 10.0. The molecule has 1 aliphatic rings. The summed E-state index contributed by atoms with van der Waals surface area (Å²) in [6.45, 7) is 3.64. The Morgan fingerprint density at radius 3 is 2.61 bits per heavy atom. The van der Waals surface area contributed by atoms with Gasteiger partial charge in [-0.2, -0.15) is 18.3 Å². The standard InChI is InChI=1S/C22H26F3N3O3/c1-13-19(21(29)31-4)17(10-14-6-5-9-28(2)12-14)26-27-20(13)16-8-7-15(22(23,24)25)11-18(16)30-3/h7-8,11,14H,5-6,9-10,12H2,1-4H3/t14-/m0/s1. The highest BCUT2D eigenvalue weighted by molar-refractivity contribution is 5.94. The Morgan fingerprint density at radius 2 is 2.00 bits per heavy atom. The van der Waals surface area contributed by atoms with Crippen LogP contribution in [0.2, 0.25) is 0 Å². The maximum Gasteiger partial charge on any atom is 0.416 e. The van der Waals surface area contributed by atoms with E-state index in [0.29, 0.717) is 34.7 Å². The van der Waals surface area contributed by atoms with E-state index in [1.54, 1.807) is 6.92 Å². The molecule has 1 fully saturated rings. The Bertz CT molecular complexity index is 963. The first kappa shape index (κ1) is 23.0. The molecule has 0 spiro atoms. The zero-order chi connectivity index (χ0) is 22.8. The number of methoxy groups -OCH3 is 2. The third-order valence-corrected chi connectivity index (χ3v) is 5.67. The van der Waals surface area contributed by atoms with Gasteiger partial charge in [0.05, 0.1) is 31.0 Å². The summed E-state index contributed by atoms with van der Waals surface area (Å²) in [6, 6.07) is 3.16. The van der Waals surface area contributed by atoms with E-state index in [9.17, 15) is 18.0 Å². The zero-order valence-electron chi connectivity index (χ0n) is 18.0. The SMILES string of the molecule is COC(=O)c1c(C[C@@H]2CCCN(C)C2)nnc(-c2ccc(C(F)(F)F)cc2OC)c1C. The van der Waals surface area contributed by atoms with Gasteiger partial charge in [0.25, 0.3) is 0 Å². The summed E-state index contributed by atoms with van der Waals surface area (Å²) in [5, 5.41) is 8.58. The van der Waals surface area contributed by atoms with Gasteiger partial charge < -0.3 is 14.4 Å². The van der Waals surface area contributed by atoms with Gasteiger partial charge in [0, 0.05) is 12.1 Å². The predicted molar refractivity (Wildman–Crippen MR) is 109 cm³/mol. The Hall–Kier alpha value is -2.68. The number of ether oxygens (including phenoxy) is 2. The van der Waals surface area contributed by atoms with Crippen LogP contribution in [0.15, 0.2) is 18.2 Å². The van der Waals surface area contributed by atoms with Gasteiger partial charge in [0.2, 0.25) is 0 Å². The molecule has 0 bridgehead atoms. The molecule has 1 atom stereocenters. The third-order valence-electron chi connectivity index (χ3n) is 5.67. The lowest BCUT2D eigenvalue weighted by molar-refractivity contribution is -0.137. The molecule has 3 rings (SSSR count). The van der Waals surface area contributed by atoms with E-state index in [-0.39, 0.29) is 11.4 Å². The summed E-state index contributed by atoms with van der Waals surface area (Å²) in [4.78, 5) is 14.8. The average molecular weight is 437 g/mol. The molecule has 0 amide bonds. The second-order valence-electron chi connectivity index (χ2n) is 7.87. The number of alkyl halides is 3. The van der Waals surface area contributed by atoms with Crippen molar-refractivity contribution in [2.75, 3.05) is 34.4 Å². The highest BCUT2D eigenvalue weighted by Gasteiger charge is 2.32. The molecule has 1 aromatic heterocycles. The molecule has 0 N–H and O–H groups in total. The summed E-state index contributed by atoms with van der Waals surface area (Å²) < 4.78 is 49.4. The topological polar surface area (TPSA) is 64.5 Å². The van der Waals surface area contributed by atoms with Crippen molar-refractivity contribution in [3.63, 3.8) is 0 Å². The van der Waals surface area contributed by atoms with Crippen LogP contribution in [0, 0.1) is 12.8 Å². The van der Waals surface area contributed by atoms with Crippen LogP contribution in [-0.4, -0.2) is 55.4 Å². The lowest BCUT2D eigenvalue weighted by Gasteiger charge is -2.29. The number of rotatable bonds is 5. The molecule has 2 heterocycles. The third kappa shape index (κ3) is 4.98. The number of carbonyl (C=O) groups excluding carboxylic acids is 1. The lowest BCUT2D eigenvalue weighted by atomic mass is 9.90. The summed E-state index contributed by atoms with van der Waals surface area (Å²) >= 11 is 0. The molecule has 0 unspecified atom stereocenters. The largest absolute Gasteiger partial charge is 0.496 e. The number of carbonyl (C=O) groups is 1. The molecule has 9 heteroatoms. The molecule has 1 aromatic carbocycles. The average Bonchev–Trinajstić information content (AvgIpc) is 2.72. The zero-order valence-corrected chi connectivity index (χ0v) is 18.0. The van der Waals surface area contributed by atoms with Crippen LogP contribution in [-0.2, 0) is 17.3 Å². The smallest absolute Gasteiger partial charge is 0.416 e. The number of likely N-dealkylation sites (tertiary alicyclic amines) is 1. The summed E-state index contributed by atoms with van der Waals surface area (Å²) in [5.41, 5.74) is 1.14. The molecule has 168 valence electrons. The molecule has 2 aromatic rings. The number of halogens is 3. The van der Waals surface area contributed by atoms with Crippen molar-refractivity contribution in [1.29, 1.82) is 0 Å². The molecule has 0 aliphatic carbocycles. The quantitative estimate of drug-likeness (QED) is 0.655. The summed E-state index contributed by atoms with van der Waals surface area (Å²) in [7, 11) is 4.64. The van der Waals surface area contributed by atoms with Crippen LogP contribution >= 0.6 is 0 Å². The molecule has 0 saturated carbocycles. The van der Waals surface area contributed by atoms with Crippen LogP contribution < -0.4 is 4.74 Å². The Labute approximate surface area is 179 Å². The van der Waals surface area contributed by atoms with Gasteiger partial charge in [0.1, 0.15) is 11.4 Å². The first-order valence-corrected chi connectivity index (χ1v) is 10.0. The number of aromatic nitrogens is 2. The van der Waals surface area contributed by atoms with Gasteiger partial charge in [-0.25, -0.2) is 4.79 Å². The van der Waals surface area contributed by atoms with Gasteiger partial charge in [-0.05, 0) is 69.5 Å². The number of esters is 1. The second kappa shape index (κ2) is 9.21. The minimum absolute atomic E-state index is 0.00435. The van der Waals surface area contributed by atoms with Crippen LogP contribution in [0.4, 0.5) is 13.2 Å². The van der Waals surface area contributed by atoms with Crippen molar-refractivity contribution >= 4 is 5.97 Å². The maximum absolute atomic E-state index is 13.1. The van der Waals surface area contributed by atoms with Crippen LogP contribution in [0.1, 0.15) is 40.0 Å². The van der Waals surface area contributed by atoms with E-state index >= 15 is 0 Å². The molecule has 0 radical (unpaired) electrons. The fourth-order valence-corrected chi connectivity index (χ4v) is 4.12. The van der Waals surface area contributed by atoms with E-state index in [1.165, 1.54) is 20.3 Å². The first-order chi connectivity index (χ1) is 14.7. The Balaban J connectivity index is 2.06. The monoisotopic (exact) mass is 437 g/mol. The molecule has 31 heavy (non-hydrogen) atoms. The van der Waals surface area contributed by atoms with Crippen molar-refractivity contribution in [2.24, 2.45) is 5.92 Å². The van der Waals surface area contributed by atoms with E-state index in [0.717, 1.165) is 38.1 Å². The van der Waals surface area contributed by atoms with E-state index in [4.69, 9.17) is 9.47 Å². The normalized spacial score (nSPS) is 17.5. The number of hydrogen-bond donors (Lipinski definition) is 0. The second-order valence-corrected chi connectivity index (χ2v) is 7.87. The fourth-order valence-electron chi connectivity index (χ4n) is 4.12. The van der Waals surface area contributed by atoms with Crippen molar-refractivity contribution in [3.05, 3.63) is 40.6 Å². The molecule has 1 aliphatic heterocycles. The molecular weight excluding hydrogens is 411 g/mol. The number of benzene rings is 1. The van der Waals surface area contributed by atoms with Crippen molar-refractivity contribution in [3.8, 4) is 17.0 Å². The predicted octanol–water partition coefficient (Wildman–Crippen LogP) is 4.15. The molecular formula is C22H26F3N3O3. The fraction of sp³-hybridized carbons (Fsp3) is 0.500. The number of hydrogen-bond acceptors (Lipinski definition) is 6. The van der Waals surface area contributed by atoms with Crippen molar-refractivity contribution in [2.45, 2.75) is 32.4 Å². The number of piperidine rings is 1. The number of nitrogens with zero attached hydrogens (tertiary/aromatic N) is 3. The Morgan fingerprint density at radius 1 is 1.26 bits per heavy atom. The maximum atomic E-state index is 13.1.